The SMILES string of the molecule is COC(=O)c1ccc(-c2ccccc2NS(=O)(=O)c2ccc(C)cc2)o1. The quantitative estimate of drug-likeness (QED) is 0.689. The lowest BCUT2D eigenvalue weighted by Crippen LogP contribution is -2.13. The van der Waals surface area contributed by atoms with E-state index in [9.17, 15) is 13.2 Å². The van der Waals surface area contributed by atoms with Gasteiger partial charge in [-0.3, -0.25) is 4.72 Å². The second-order valence-corrected chi connectivity index (χ2v) is 7.30. The van der Waals surface area contributed by atoms with Crippen LogP contribution in [0.5, 0.6) is 0 Å². The molecule has 0 saturated carbocycles. The van der Waals surface area contributed by atoms with Crippen LogP contribution in [0.15, 0.2) is 70.0 Å². The van der Waals surface area contributed by atoms with Gasteiger partial charge >= 0.3 is 5.97 Å². The molecule has 0 aliphatic rings. The zero-order valence-corrected chi connectivity index (χ0v) is 15.0. The van der Waals surface area contributed by atoms with Crippen molar-refractivity contribution in [1.82, 2.24) is 0 Å². The van der Waals surface area contributed by atoms with Crippen LogP contribution in [-0.2, 0) is 14.8 Å². The van der Waals surface area contributed by atoms with E-state index in [0.717, 1.165) is 5.56 Å². The monoisotopic (exact) mass is 371 g/mol. The molecular formula is C19H17NO5S. The largest absolute Gasteiger partial charge is 0.463 e. The predicted octanol–water partition coefficient (Wildman–Crippen LogP) is 3.84. The highest BCUT2D eigenvalue weighted by Gasteiger charge is 2.19. The lowest BCUT2D eigenvalue weighted by molar-refractivity contribution is 0.0566. The third-order valence-electron chi connectivity index (χ3n) is 3.76. The zero-order chi connectivity index (χ0) is 18.7. The maximum absolute atomic E-state index is 12.6. The molecule has 3 rings (SSSR count). The fourth-order valence-corrected chi connectivity index (χ4v) is 3.48. The van der Waals surface area contributed by atoms with Gasteiger partial charge in [-0.05, 0) is 43.3 Å². The lowest BCUT2D eigenvalue weighted by Gasteiger charge is -2.11. The Morgan fingerprint density at radius 2 is 1.69 bits per heavy atom. The Labute approximate surface area is 151 Å². The molecule has 134 valence electrons. The van der Waals surface area contributed by atoms with Crippen molar-refractivity contribution in [2.45, 2.75) is 11.8 Å². The van der Waals surface area contributed by atoms with Crippen molar-refractivity contribution in [3.05, 3.63) is 72.0 Å². The van der Waals surface area contributed by atoms with Gasteiger partial charge in [0.25, 0.3) is 10.0 Å². The number of hydrogen-bond acceptors (Lipinski definition) is 5. The molecule has 7 heteroatoms. The number of sulfonamides is 1. The van der Waals surface area contributed by atoms with Crippen molar-refractivity contribution in [2.24, 2.45) is 0 Å². The third kappa shape index (κ3) is 3.62. The van der Waals surface area contributed by atoms with E-state index < -0.39 is 16.0 Å². The Balaban J connectivity index is 1.96. The van der Waals surface area contributed by atoms with Gasteiger partial charge in [0.05, 0.1) is 17.7 Å². The van der Waals surface area contributed by atoms with Crippen LogP contribution in [0.25, 0.3) is 11.3 Å². The first-order valence-electron chi connectivity index (χ1n) is 7.78. The summed E-state index contributed by atoms with van der Waals surface area (Å²) in [6.45, 7) is 1.88. The molecule has 0 spiro atoms. The number of carbonyl (C=O) groups is 1. The standard InChI is InChI=1S/C19H17NO5S/c1-13-7-9-14(10-8-13)26(22,23)20-16-6-4-3-5-15(16)17-11-12-18(25-17)19(21)24-2/h3-12,20H,1-2H3. The zero-order valence-electron chi connectivity index (χ0n) is 14.2. The van der Waals surface area contributed by atoms with E-state index in [4.69, 9.17) is 4.42 Å². The van der Waals surface area contributed by atoms with Gasteiger partial charge in [-0.25, -0.2) is 13.2 Å². The van der Waals surface area contributed by atoms with Crippen LogP contribution >= 0.6 is 0 Å². The Morgan fingerprint density at radius 3 is 2.38 bits per heavy atom. The van der Waals surface area contributed by atoms with Crippen molar-refractivity contribution in [1.29, 1.82) is 0 Å². The second-order valence-electron chi connectivity index (χ2n) is 5.62. The fraction of sp³-hybridized carbons (Fsp3) is 0.105. The van der Waals surface area contributed by atoms with Gasteiger partial charge in [-0.1, -0.05) is 29.8 Å². The molecule has 1 N–H and O–H groups in total. The first-order chi connectivity index (χ1) is 12.4. The van der Waals surface area contributed by atoms with Crippen LogP contribution in [0.2, 0.25) is 0 Å². The van der Waals surface area contributed by atoms with Gasteiger partial charge in [0.15, 0.2) is 0 Å². The molecule has 6 nitrogen and oxygen atoms in total. The third-order valence-corrected chi connectivity index (χ3v) is 5.14. The van der Waals surface area contributed by atoms with Gasteiger partial charge in [0, 0.05) is 5.56 Å². The number of ether oxygens (including phenoxy) is 1. The number of furan rings is 1. The van der Waals surface area contributed by atoms with E-state index in [2.05, 4.69) is 9.46 Å². The minimum Gasteiger partial charge on any atom is -0.463 e. The molecule has 26 heavy (non-hydrogen) atoms. The Hall–Kier alpha value is -3.06. The molecule has 2 aromatic carbocycles. The number of aryl methyl sites for hydroxylation is 1. The average Bonchev–Trinajstić information content (AvgIpc) is 3.11. The van der Waals surface area contributed by atoms with E-state index >= 15 is 0 Å². The molecular weight excluding hydrogens is 354 g/mol. The fourth-order valence-electron chi connectivity index (χ4n) is 2.40. The predicted molar refractivity (Wildman–Crippen MR) is 97.5 cm³/mol. The van der Waals surface area contributed by atoms with Crippen LogP contribution in [0.4, 0.5) is 5.69 Å². The van der Waals surface area contributed by atoms with Crippen LogP contribution in [0, 0.1) is 6.92 Å². The number of nitrogens with one attached hydrogen (secondary N) is 1. The number of esters is 1. The Kier molecular flexibility index (Phi) is 4.81. The minimum absolute atomic E-state index is 0.0405. The number of hydrogen-bond donors (Lipinski definition) is 1. The van der Waals surface area contributed by atoms with Crippen LogP contribution < -0.4 is 4.72 Å². The van der Waals surface area contributed by atoms with Crippen molar-refractivity contribution < 1.29 is 22.4 Å². The molecule has 0 radical (unpaired) electrons. The number of anilines is 1. The topological polar surface area (TPSA) is 85.6 Å². The molecule has 0 bridgehead atoms. The van der Waals surface area contributed by atoms with Crippen LogP contribution in [0.1, 0.15) is 16.1 Å². The van der Waals surface area contributed by atoms with Gasteiger partial charge in [-0.2, -0.15) is 0 Å². The number of rotatable bonds is 5. The summed E-state index contributed by atoms with van der Waals surface area (Å²) in [6.07, 6.45) is 0. The average molecular weight is 371 g/mol. The molecule has 3 aromatic rings. The van der Waals surface area contributed by atoms with Crippen molar-refractivity contribution in [2.75, 3.05) is 11.8 Å². The highest BCUT2D eigenvalue weighted by atomic mass is 32.2. The maximum Gasteiger partial charge on any atom is 0.373 e. The van der Waals surface area contributed by atoms with Crippen molar-refractivity contribution in [3.8, 4) is 11.3 Å². The molecule has 0 atom stereocenters. The molecule has 0 aliphatic carbocycles. The smallest absolute Gasteiger partial charge is 0.373 e. The molecule has 0 amide bonds. The number of methoxy groups -OCH3 is 1. The number of carbonyl (C=O) groups excluding carboxylic acids is 1. The van der Waals surface area contributed by atoms with E-state index in [1.54, 1.807) is 54.6 Å². The summed E-state index contributed by atoms with van der Waals surface area (Å²) in [5.74, 6) is -0.208. The summed E-state index contributed by atoms with van der Waals surface area (Å²) < 4.78 is 38.0. The lowest BCUT2D eigenvalue weighted by atomic mass is 10.1. The molecule has 0 saturated heterocycles. The van der Waals surface area contributed by atoms with Crippen molar-refractivity contribution >= 4 is 21.7 Å². The van der Waals surface area contributed by atoms with Crippen molar-refractivity contribution in [3.63, 3.8) is 0 Å². The molecule has 0 unspecified atom stereocenters. The second kappa shape index (κ2) is 7.05. The van der Waals surface area contributed by atoms with Crippen LogP contribution in [-0.4, -0.2) is 21.5 Å². The molecule has 0 fully saturated rings. The highest BCUT2D eigenvalue weighted by Crippen LogP contribution is 2.31. The van der Waals surface area contributed by atoms with E-state index in [-0.39, 0.29) is 10.7 Å². The summed E-state index contributed by atoms with van der Waals surface area (Å²) >= 11 is 0. The van der Waals surface area contributed by atoms with Gasteiger partial charge in [-0.15, -0.1) is 0 Å². The summed E-state index contributed by atoms with van der Waals surface area (Å²) in [5.41, 5.74) is 1.83. The van der Waals surface area contributed by atoms with E-state index in [1.807, 2.05) is 6.92 Å². The van der Waals surface area contributed by atoms with E-state index in [1.165, 1.54) is 13.2 Å². The van der Waals surface area contributed by atoms with E-state index in [0.29, 0.717) is 17.0 Å². The highest BCUT2D eigenvalue weighted by molar-refractivity contribution is 7.92. The maximum atomic E-state index is 12.6. The summed E-state index contributed by atoms with van der Waals surface area (Å²) in [6, 6.07) is 16.4. The first kappa shape index (κ1) is 17.8. The molecule has 1 aromatic heterocycles. The molecule has 1 heterocycles. The Bertz CT molecular complexity index is 1040. The number of benzene rings is 2. The molecule has 0 aliphatic heterocycles. The van der Waals surface area contributed by atoms with Crippen LogP contribution in [0.3, 0.4) is 0 Å². The van der Waals surface area contributed by atoms with Gasteiger partial charge < -0.3 is 9.15 Å². The first-order valence-corrected chi connectivity index (χ1v) is 9.26. The van der Waals surface area contributed by atoms with Gasteiger partial charge in [0.2, 0.25) is 5.76 Å². The Morgan fingerprint density at radius 1 is 1.00 bits per heavy atom. The minimum atomic E-state index is -3.76. The summed E-state index contributed by atoms with van der Waals surface area (Å²) in [4.78, 5) is 11.7. The normalized spacial score (nSPS) is 11.2. The number of para-hydroxylation sites is 1. The summed E-state index contributed by atoms with van der Waals surface area (Å²) in [5, 5.41) is 0. The summed E-state index contributed by atoms with van der Waals surface area (Å²) in [7, 11) is -2.50. The van der Waals surface area contributed by atoms with Gasteiger partial charge in [0.1, 0.15) is 5.76 Å².